The molecule has 2 amide bonds. The van der Waals surface area contributed by atoms with Gasteiger partial charge in [-0.2, -0.15) is 0 Å². The van der Waals surface area contributed by atoms with Crippen LogP contribution >= 0.6 is 22.9 Å². The number of halogens is 2. The predicted octanol–water partition coefficient (Wildman–Crippen LogP) is 4.09. The Bertz CT molecular complexity index is 1090. The van der Waals surface area contributed by atoms with Gasteiger partial charge in [0.2, 0.25) is 11.8 Å². The molecular formula is C19H15ClFN3O3S. The molecule has 2 heterocycles. The number of hydrogen-bond acceptors (Lipinski definition) is 5. The summed E-state index contributed by atoms with van der Waals surface area (Å²) in [4.78, 5) is 30.8. The molecule has 28 heavy (non-hydrogen) atoms. The summed E-state index contributed by atoms with van der Waals surface area (Å²) < 4.78 is 19.4. The summed E-state index contributed by atoms with van der Waals surface area (Å²) in [5.41, 5.74) is 1.23. The monoisotopic (exact) mass is 419 g/mol. The first-order chi connectivity index (χ1) is 13.4. The van der Waals surface area contributed by atoms with E-state index in [1.165, 1.54) is 34.4 Å². The number of thiazole rings is 1. The fraction of sp³-hybridized carbons (Fsp3) is 0.211. The van der Waals surface area contributed by atoms with Crippen molar-refractivity contribution in [3.63, 3.8) is 0 Å². The Morgan fingerprint density at radius 2 is 2.18 bits per heavy atom. The summed E-state index contributed by atoms with van der Waals surface area (Å²) in [6, 6.07) is 9.53. The van der Waals surface area contributed by atoms with Crippen LogP contribution in [0, 0.1) is 11.7 Å². The highest BCUT2D eigenvalue weighted by atomic mass is 35.5. The van der Waals surface area contributed by atoms with E-state index in [1.54, 1.807) is 13.2 Å². The Kier molecular flexibility index (Phi) is 4.91. The summed E-state index contributed by atoms with van der Waals surface area (Å²) in [6.07, 6.45) is 0.0690. The Hall–Kier alpha value is -2.71. The molecule has 2 aromatic carbocycles. The maximum absolute atomic E-state index is 13.4. The smallest absolute Gasteiger partial charge is 0.231 e. The van der Waals surface area contributed by atoms with Crippen molar-refractivity contribution in [2.45, 2.75) is 6.42 Å². The van der Waals surface area contributed by atoms with Crippen LogP contribution in [0.2, 0.25) is 5.02 Å². The fourth-order valence-electron chi connectivity index (χ4n) is 3.08. The molecular weight excluding hydrogens is 405 g/mol. The Morgan fingerprint density at radius 3 is 2.93 bits per heavy atom. The van der Waals surface area contributed by atoms with Crippen LogP contribution in [0.5, 0.6) is 5.75 Å². The van der Waals surface area contributed by atoms with Gasteiger partial charge in [-0.05, 0) is 36.4 Å². The average molecular weight is 420 g/mol. The molecule has 1 aromatic heterocycles. The second kappa shape index (κ2) is 7.37. The van der Waals surface area contributed by atoms with Crippen LogP contribution in [-0.2, 0) is 9.59 Å². The lowest BCUT2D eigenvalue weighted by Crippen LogP contribution is -2.28. The molecule has 144 valence electrons. The van der Waals surface area contributed by atoms with Gasteiger partial charge in [0.15, 0.2) is 5.13 Å². The molecule has 1 fully saturated rings. The van der Waals surface area contributed by atoms with Crippen LogP contribution in [0.3, 0.4) is 0 Å². The molecule has 1 aliphatic heterocycles. The van der Waals surface area contributed by atoms with Gasteiger partial charge in [-0.25, -0.2) is 9.37 Å². The number of amides is 2. The van der Waals surface area contributed by atoms with E-state index >= 15 is 0 Å². The zero-order chi connectivity index (χ0) is 19.8. The number of methoxy groups -OCH3 is 1. The zero-order valence-corrected chi connectivity index (χ0v) is 16.3. The first kappa shape index (κ1) is 18.6. The van der Waals surface area contributed by atoms with Crippen molar-refractivity contribution in [2.24, 2.45) is 5.92 Å². The molecule has 4 rings (SSSR count). The van der Waals surface area contributed by atoms with Crippen molar-refractivity contribution in [1.29, 1.82) is 0 Å². The largest absolute Gasteiger partial charge is 0.497 e. The van der Waals surface area contributed by atoms with Gasteiger partial charge >= 0.3 is 0 Å². The molecule has 0 radical (unpaired) electrons. The van der Waals surface area contributed by atoms with Crippen LogP contribution < -0.4 is 15.0 Å². The number of hydrogen-bond donors (Lipinski definition) is 1. The maximum atomic E-state index is 13.4. The number of aromatic nitrogens is 1. The van der Waals surface area contributed by atoms with E-state index in [1.807, 2.05) is 12.1 Å². The summed E-state index contributed by atoms with van der Waals surface area (Å²) in [6.45, 7) is 0.200. The SMILES string of the molecule is COc1ccc2nc(NC(=O)C3CC(=O)N(c4ccc(F)c(Cl)c4)C3)sc2c1. The van der Waals surface area contributed by atoms with Gasteiger partial charge in [-0.1, -0.05) is 22.9 Å². The molecule has 1 aliphatic rings. The van der Waals surface area contributed by atoms with Crippen molar-refractivity contribution in [3.05, 3.63) is 47.2 Å². The van der Waals surface area contributed by atoms with Crippen LogP contribution in [0.4, 0.5) is 15.2 Å². The van der Waals surface area contributed by atoms with E-state index in [-0.39, 0.29) is 29.8 Å². The number of carbonyl (C=O) groups is 2. The van der Waals surface area contributed by atoms with Crippen molar-refractivity contribution < 1.29 is 18.7 Å². The van der Waals surface area contributed by atoms with Gasteiger partial charge < -0.3 is 15.0 Å². The van der Waals surface area contributed by atoms with Gasteiger partial charge in [0.05, 0.1) is 28.3 Å². The second-order valence-electron chi connectivity index (χ2n) is 6.35. The summed E-state index contributed by atoms with van der Waals surface area (Å²) in [5, 5.41) is 3.18. The topological polar surface area (TPSA) is 71.5 Å². The van der Waals surface area contributed by atoms with Crippen LogP contribution in [0.25, 0.3) is 10.2 Å². The summed E-state index contributed by atoms with van der Waals surface area (Å²) in [5.74, 6) is -0.868. The minimum absolute atomic E-state index is 0.0666. The Balaban J connectivity index is 1.48. The highest BCUT2D eigenvalue weighted by Crippen LogP contribution is 2.31. The number of nitrogens with one attached hydrogen (secondary N) is 1. The van der Waals surface area contributed by atoms with E-state index < -0.39 is 11.7 Å². The standard InChI is InChI=1S/C19H15ClFN3O3S/c1-27-12-3-5-15-16(8-12)28-19(22-15)23-18(26)10-6-17(25)24(9-10)11-2-4-14(21)13(20)7-11/h2-5,7-8,10H,6,9H2,1H3,(H,22,23,26). The van der Waals surface area contributed by atoms with Crippen LogP contribution in [0.15, 0.2) is 36.4 Å². The molecule has 1 unspecified atom stereocenters. The minimum atomic E-state index is -0.557. The lowest BCUT2D eigenvalue weighted by atomic mass is 10.1. The minimum Gasteiger partial charge on any atom is -0.497 e. The molecule has 9 heteroatoms. The van der Waals surface area contributed by atoms with Crippen molar-refractivity contribution in [2.75, 3.05) is 23.9 Å². The molecule has 0 spiro atoms. The summed E-state index contributed by atoms with van der Waals surface area (Å²) in [7, 11) is 1.59. The molecule has 1 atom stereocenters. The highest BCUT2D eigenvalue weighted by molar-refractivity contribution is 7.22. The quantitative estimate of drug-likeness (QED) is 0.691. The number of ether oxygens (including phenoxy) is 1. The number of benzene rings is 2. The van der Waals surface area contributed by atoms with E-state index in [4.69, 9.17) is 16.3 Å². The van der Waals surface area contributed by atoms with Crippen LogP contribution in [0.1, 0.15) is 6.42 Å². The third kappa shape index (κ3) is 3.53. The van der Waals surface area contributed by atoms with Gasteiger partial charge in [0, 0.05) is 18.7 Å². The molecule has 1 N–H and O–H groups in total. The molecule has 1 saturated heterocycles. The van der Waals surface area contributed by atoms with E-state index in [2.05, 4.69) is 10.3 Å². The molecule has 0 saturated carbocycles. The lowest BCUT2D eigenvalue weighted by Gasteiger charge is -2.17. The third-order valence-corrected chi connectivity index (χ3v) is 5.76. The van der Waals surface area contributed by atoms with Crippen molar-refractivity contribution in [1.82, 2.24) is 4.98 Å². The second-order valence-corrected chi connectivity index (χ2v) is 7.78. The first-order valence-corrected chi connectivity index (χ1v) is 9.65. The fourth-order valence-corrected chi connectivity index (χ4v) is 4.15. The number of rotatable bonds is 4. The Labute approximate surface area is 168 Å². The van der Waals surface area contributed by atoms with Gasteiger partial charge in [-0.3, -0.25) is 9.59 Å². The molecule has 0 aliphatic carbocycles. The van der Waals surface area contributed by atoms with E-state index in [0.717, 1.165) is 10.2 Å². The number of fused-ring (bicyclic) bond motifs is 1. The first-order valence-electron chi connectivity index (χ1n) is 8.45. The van der Waals surface area contributed by atoms with Crippen molar-refractivity contribution >= 4 is 55.8 Å². The van der Waals surface area contributed by atoms with Gasteiger partial charge in [-0.15, -0.1) is 0 Å². The number of carbonyl (C=O) groups excluding carboxylic acids is 2. The zero-order valence-electron chi connectivity index (χ0n) is 14.7. The number of anilines is 2. The lowest BCUT2D eigenvalue weighted by molar-refractivity contribution is -0.122. The average Bonchev–Trinajstić information content (AvgIpc) is 3.26. The summed E-state index contributed by atoms with van der Waals surface area (Å²) >= 11 is 7.13. The third-order valence-electron chi connectivity index (χ3n) is 4.54. The van der Waals surface area contributed by atoms with E-state index in [0.29, 0.717) is 16.6 Å². The van der Waals surface area contributed by atoms with Crippen LogP contribution in [-0.4, -0.2) is 30.5 Å². The number of nitrogens with zero attached hydrogens (tertiary/aromatic N) is 2. The predicted molar refractivity (Wildman–Crippen MR) is 107 cm³/mol. The Morgan fingerprint density at radius 1 is 1.36 bits per heavy atom. The highest BCUT2D eigenvalue weighted by Gasteiger charge is 2.35. The molecule has 6 nitrogen and oxygen atoms in total. The van der Waals surface area contributed by atoms with Gasteiger partial charge in [0.25, 0.3) is 0 Å². The molecule has 0 bridgehead atoms. The van der Waals surface area contributed by atoms with Gasteiger partial charge in [0.1, 0.15) is 11.6 Å². The normalized spacial score (nSPS) is 16.6. The maximum Gasteiger partial charge on any atom is 0.231 e. The van der Waals surface area contributed by atoms with Crippen molar-refractivity contribution in [3.8, 4) is 5.75 Å². The van der Waals surface area contributed by atoms with E-state index in [9.17, 15) is 14.0 Å². The molecule has 3 aromatic rings.